The number of carbonyl (C=O) groups excluding carboxylic acids is 1. The van der Waals surface area contributed by atoms with E-state index in [1.54, 1.807) is 23.6 Å². The lowest BCUT2D eigenvalue weighted by atomic mass is 10.2. The average Bonchev–Trinajstić information content (AvgIpc) is 2.78. The van der Waals surface area contributed by atoms with Crippen LogP contribution in [0.4, 0.5) is 11.4 Å². The molecule has 0 bridgehead atoms. The zero-order valence-corrected chi connectivity index (χ0v) is 10.7. The van der Waals surface area contributed by atoms with Crippen molar-refractivity contribution >= 4 is 40.2 Å². The lowest BCUT2D eigenvalue weighted by Gasteiger charge is -2.05. The van der Waals surface area contributed by atoms with Gasteiger partial charge in [0.1, 0.15) is 10.9 Å². The monoisotopic (exact) mass is 277 g/mol. The minimum atomic E-state index is -0.297. The van der Waals surface area contributed by atoms with Crippen LogP contribution < -0.4 is 11.1 Å². The summed E-state index contributed by atoms with van der Waals surface area (Å²) in [5, 5.41) is 13.6. The van der Waals surface area contributed by atoms with Gasteiger partial charge >= 0.3 is 0 Å². The normalized spacial score (nSPS) is 9.78. The van der Waals surface area contributed by atoms with Gasteiger partial charge in [-0.15, -0.1) is 11.3 Å². The molecular weight excluding hydrogens is 270 g/mol. The van der Waals surface area contributed by atoms with Crippen LogP contribution in [0.15, 0.2) is 29.6 Å². The van der Waals surface area contributed by atoms with Crippen LogP contribution in [-0.4, -0.2) is 5.91 Å². The molecule has 3 N–H and O–H groups in total. The van der Waals surface area contributed by atoms with E-state index in [1.165, 1.54) is 17.4 Å². The van der Waals surface area contributed by atoms with Gasteiger partial charge in [0.25, 0.3) is 5.91 Å². The third-order valence-corrected chi connectivity index (χ3v) is 3.51. The van der Waals surface area contributed by atoms with E-state index in [-0.39, 0.29) is 5.91 Å². The first-order valence-electron chi connectivity index (χ1n) is 4.96. The molecule has 1 heterocycles. The fraction of sp³-hybridized carbons (Fsp3) is 0. The molecule has 0 aliphatic heterocycles. The van der Waals surface area contributed by atoms with Crippen LogP contribution >= 0.6 is 22.9 Å². The van der Waals surface area contributed by atoms with Crippen molar-refractivity contribution in [2.75, 3.05) is 11.1 Å². The number of nitrogen functional groups attached to an aromatic ring is 1. The molecule has 1 aromatic heterocycles. The molecule has 4 nitrogen and oxygen atoms in total. The van der Waals surface area contributed by atoms with Gasteiger partial charge in [-0.05, 0) is 29.6 Å². The molecule has 0 spiro atoms. The second-order valence-electron chi connectivity index (χ2n) is 3.47. The molecule has 2 rings (SSSR count). The van der Waals surface area contributed by atoms with Gasteiger partial charge in [0.2, 0.25) is 0 Å². The molecule has 0 aliphatic carbocycles. The Labute approximate surface area is 113 Å². The van der Waals surface area contributed by atoms with E-state index >= 15 is 0 Å². The van der Waals surface area contributed by atoms with Crippen LogP contribution in [-0.2, 0) is 0 Å². The Kier molecular flexibility index (Phi) is 3.51. The average molecular weight is 278 g/mol. The van der Waals surface area contributed by atoms with Crippen molar-refractivity contribution in [2.45, 2.75) is 0 Å². The third-order valence-electron chi connectivity index (χ3n) is 2.25. The maximum atomic E-state index is 11.9. The van der Waals surface area contributed by atoms with Gasteiger partial charge in [-0.3, -0.25) is 4.79 Å². The van der Waals surface area contributed by atoms with E-state index < -0.39 is 0 Å². The standard InChI is InChI=1S/C12H8ClN3OS/c13-9-2-1-8(5-7(9)6-14)16-12(17)11-10(15)3-4-18-11/h1-5H,15H2,(H,16,17). The number of hydrogen-bond donors (Lipinski definition) is 2. The van der Waals surface area contributed by atoms with Crippen LogP contribution in [0.5, 0.6) is 0 Å². The number of nitrogens with two attached hydrogens (primary N) is 1. The summed E-state index contributed by atoms with van der Waals surface area (Å²) in [5.74, 6) is -0.297. The molecule has 0 atom stereocenters. The summed E-state index contributed by atoms with van der Waals surface area (Å²) in [6.45, 7) is 0. The van der Waals surface area contributed by atoms with Crippen LogP contribution in [0, 0.1) is 11.3 Å². The predicted octanol–water partition coefficient (Wildman–Crippen LogP) is 3.11. The molecule has 2 aromatic rings. The minimum Gasteiger partial charge on any atom is -0.397 e. The number of rotatable bonds is 2. The van der Waals surface area contributed by atoms with Crippen molar-refractivity contribution in [2.24, 2.45) is 0 Å². The predicted molar refractivity (Wildman–Crippen MR) is 72.9 cm³/mol. The summed E-state index contributed by atoms with van der Waals surface area (Å²) in [6, 6.07) is 8.33. The molecule has 0 unspecified atom stereocenters. The van der Waals surface area contributed by atoms with E-state index in [2.05, 4.69) is 5.32 Å². The summed E-state index contributed by atoms with van der Waals surface area (Å²) in [5.41, 5.74) is 6.91. The topological polar surface area (TPSA) is 78.9 Å². The second kappa shape index (κ2) is 5.08. The Morgan fingerprint density at radius 2 is 2.22 bits per heavy atom. The SMILES string of the molecule is N#Cc1cc(NC(=O)c2sccc2N)ccc1Cl. The number of nitrogens with one attached hydrogen (secondary N) is 1. The van der Waals surface area contributed by atoms with E-state index in [0.29, 0.717) is 26.8 Å². The van der Waals surface area contributed by atoms with Crippen molar-refractivity contribution in [1.82, 2.24) is 0 Å². The van der Waals surface area contributed by atoms with E-state index in [0.717, 1.165) is 0 Å². The Morgan fingerprint density at radius 1 is 1.44 bits per heavy atom. The highest BCUT2D eigenvalue weighted by molar-refractivity contribution is 7.12. The van der Waals surface area contributed by atoms with Crippen molar-refractivity contribution < 1.29 is 4.79 Å². The molecule has 6 heteroatoms. The molecule has 90 valence electrons. The van der Waals surface area contributed by atoms with Gasteiger partial charge in [-0.1, -0.05) is 11.6 Å². The number of hydrogen-bond acceptors (Lipinski definition) is 4. The lowest BCUT2D eigenvalue weighted by molar-refractivity contribution is 0.103. The van der Waals surface area contributed by atoms with Gasteiger partial charge < -0.3 is 11.1 Å². The fourth-order valence-electron chi connectivity index (χ4n) is 1.38. The van der Waals surface area contributed by atoms with E-state index in [9.17, 15) is 4.79 Å². The van der Waals surface area contributed by atoms with Crippen LogP contribution in [0.2, 0.25) is 5.02 Å². The Bertz CT molecular complexity index is 645. The summed E-state index contributed by atoms with van der Waals surface area (Å²) in [7, 11) is 0. The number of amides is 1. The highest BCUT2D eigenvalue weighted by atomic mass is 35.5. The first kappa shape index (κ1) is 12.4. The first-order valence-corrected chi connectivity index (χ1v) is 6.21. The lowest BCUT2D eigenvalue weighted by Crippen LogP contribution is -2.11. The molecule has 1 aromatic carbocycles. The number of nitrogens with zero attached hydrogens (tertiary/aromatic N) is 1. The van der Waals surface area contributed by atoms with Crippen LogP contribution in [0.3, 0.4) is 0 Å². The van der Waals surface area contributed by atoms with Crippen molar-refractivity contribution in [3.63, 3.8) is 0 Å². The smallest absolute Gasteiger partial charge is 0.267 e. The maximum absolute atomic E-state index is 11.9. The van der Waals surface area contributed by atoms with Crippen LogP contribution in [0.1, 0.15) is 15.2 Å². The summed E-state index contributed by atoms with van der Waals surface area (Å²) < 4.78 is 0. The van der Waals surface area contributed by atoms with Gasteiger partial charge in [0.05, 0.1) is 16.3 Å². The van der Waals surface area contributed by atoms with Gasteiger partial charge in [0.15, 0.2) is 0 Å². The zero-order chi connectivity index (χ0) is 13.1. The van der Waals surface area contributed by atoms with Crippen molar-refractivity contribution in [1.29, 1.82) is 5.26 Å². The molecular formula is C12H8ClN3OS. The summed E-state index contributed by atoms with van der Waals surface area (Å²) >= 11 is 7.07. The largest absolute Gasteiger partial charge is 0.397 e. The number of carbonyl (C=O) groups is 1. The number of anilines is 2. The quantitative estimate of drug-likeness (QED) is 0.885. The van der Waals surface area contributed by atoms with Crippen LogP contribution in [0.25, 0.3) is 0 Å². The number of nitriles is 1. The van der Waals surface area contributed by atoms with Gasteiger partial charge in [-0.25, -0.2) is 0 Å². The molecule has 0 radical (unpaired) electrons. The number of thiophene rings is 1. The Hall–Kier alpha value is -2.03. The minimum absolute atomic E-state index is 0.297. The summed E-state index contributed by atoms with van der Waals surface area (Å²) in [4.78, 5) is 12.3. The number of benzene rings is 1. The molecule has 0 fully saturated rings. The van der Waals surface area contributed by atoms with Crippen molar-refractivity contribution in [3.8, 4) is 6.07 Å². The highest BCUT2D eigenvalue weighted by Crippen LogP contribution is 2.23. The molecule has 1 amide bonds. The third kappa shape index (κ3) is 2.45. The summed E-state index contributed by atoms with van der Waals surface area (Å²) in [6.07, 6.45) is 0. The van der Waals surface area contributed by atoms with E-state index in [1.807, 2.05) is 6.07 Å². The highest BCUT2D eigenvalue weighted by Gasteiger charge is 2.12. The second-order valence-corrected chi connectivity index (χ2v) is 4.79. The fourth-order valence-corrected chi connectivity index (χ4v) is 2.25. The van der Waals surface area contributed by atoms with E-state index in [4.69, 9.17) is 22.6 Å². The molecule has 0 saturated heterocycles. The molecule has 0 saturated carbocycles. The molecule has 18 heavy (non-hydrogen) atoms. The van der Waals surface area contributed by atoms with Gasteiger partial charge in [0, 0.05) is 5.69 Å². The van der Waals surface area contributed by atoms with Crippen molar-refractivity contribution in [3.05, 3.63) is 45.1 Å². The maximum Gasteiger partial charge on any atom is 0.267 e. The Morgan fingerprint density at radius 3 is 2.83 bits per heavy atom. The molecule has 0 aliphatic rings. The zero-order valence-electron chi connectivity index (χ0n) is 9.11. The Balaban J connectivity index is 2.23. The first-order chi connectivity index (χ1) is 8.61. The number of halogens is 1. The van der Waals surface area contributed by atoms with Gasteiger partial charge in [-0.2, -0.15) is 5.26 Å².